The molecule has 2 N–H and O–H groups in total. The maximum absolute atomic E-state index is 15.0. The molecule has 44 heavy (non-hydrogen) atoms. The minimum absolute atomic E-state index is 0.0584. The first-order chi connectivity index (χ1) is 21.2. The number of aromatic nitrogens is 2. The zero-order chi connectivity index (χ0) is 30.8. The maximum atomic E-state index is 15.0. The Balaban J connectivity index is 1.13. The van der Waals surface area contributed by atoms with Crippen molar-refractivity contribution in [3.8, 4) is 17.0 Å². The topological polar surface area (TPSA) is 103 Å². The van der Waals surface area contributed by atoms with Gasteiger partial charge in [-0.15, -0.1) is 0 Å². The summed E-state index contributed by atoms with van der Waals surface area (Å²) in [5.41, 5.74) is 1.28. The fourth-order valence-electron chi connectivity index (χ4n) is 6.17. The van der Waals surface area contributed by atoms with Crippen LogP contribution < -0.4 is 20.3 Å². The standard InChI is InChI=1S/C31H39F2N7O3S/c1-21(2)40-15-16-43-30-26(32)17-23(18-28(30)40)29-27(33)19-35-31(37-29)36-24-3-5-25(6-4-24)44(41,42)39-13-11-38(12-14-39)20-22-7-9-34-10-8-22/h3-6,17-19,21-22,34H,7-16,20H2,1-2H3,(H,35,36,37). The number of piperazine rings is 1. The van der Waals surface area contributed by atoms with Gasteiger partial charge in [-0.1, -0.05) is 0 Å². The van der Waals surface area contributed by atoms with Gasteiger partial charge in [0, 0.05) is 50.0 Å². The number of rotatable bonds is 8. The Bertz CT molecular complexity index is 1580. The van der Waals surface area contributed by atoms with Crippen LogP contribution in [0.25, 0.3) is 11.3 Å². The van der Waals surface area contributed by atoms with E-state index in [0.717, 1.165) is 38.9 Å². The normalized spacial score (nSPS) is 18.7. The Morgan fingerprint density at radius 1 is 1.02 bits per heavy atom. The van der Waals surface area contributed by atoms with Gasteiger partial charge < -0.3 is 25.2 Å². The Morgan fingerprint density at radius 3 is 2.45 bits per heavy atom. The molecule has 2 fully saturated rings. The highest BCUT2D eigenvalue weighted by molar-refractivity contribution is 7.89. The van der Waals surface area contributed by atoms with Crippen LogP contribution >= 0.6 is 0 Å². The van der Waals surface area contributed by atoms with Crippen LogP contribution in [0.4, 0.5) is 26.1 Å². The minimum atomic E-state index is -3.64. The highest BCUT2D eigenvalue weighted by Crippen LogP contribution is 2.39. The van der Waals surface area contributed by atoms with Crippen molar-refractivity contribution in [3.05, 3.63) is 54.2 Å². The molecule has 3 aliphatic heterocycles. The van der Waals surface area contributed by atoms with E-state index >= 15 is 4.39 Å². The predicted octanol–water partition coefficient (Wildman–Crippen LogP) is 4.08. The van der Waals surface area contributed by atoms with Gasteiger partial charge >= 0.3 is 0 Å². The molecule has 10 nitrogen and oxygen atoms in total. The molecule has 2 aromatic carbocycles. The molecule has 0 amide bonds. The van der Waals surface area contributed by atoms with Gasteiger partial charge in [-0.05, 0) is 82.1 Å². The molecule has 3 aliphatic rings. The summed E-state index contributed by atoms with van der Waals surface area (Å²) in [7, 11) is -3.64. The molecular formula is C31H39F2N7O3S. The minimum Gasteiger partial charge on any atom is -0.486 e. The second-order valence-electron chi connectivity index (χ2n) is 11.9. The average Bonchev–Trinajstić information content (AvgIpc) is 3.02. The fourth-order valence-corrected chi connectivity index (χ4v) is 7.60. The highest BCUT2D eigenvalue weighted by atomic mass is 32.2. The van der Waals surface area contributed by atoms with Gasteiger partial charge in [-0.2, -0.15) is 4.31 Å². The van der Waals surface area contributed by atoms with Crippen LogP contribution in [-0.2, 0) is 10.0 Å². The molecule has 6 rings (SSSR count). The SMILES string of the molecule is CC(C)N1CCOc2c(F)cc(-c3nc(Nc4ccc(S(=O)(=O)N5CCN(CC6CCNCC6)CC5)cc4)ncc3F)cc21. The second kappa shape index (κ2) is 12.9. The first-order valence-electron chi connectivity index (χ1n) is 15.3. The summed E-state index contributed by atoms with van der Waals surface area (Å²) in [4.78, 5) is 13.0. The molecule has 0 aliphatic carbocycles. The maximum Gasteiger partial charge on any atom is 0.243 e. The molecule has 2 saturated heterocycles. The third-order valence-electron chi connectivity index (χ3n) is 8.61. The summed E-state index contributed by atoms with van der Waals surface area (Å²) in [6.45, 7) is 10.5. The second-order valence-corrected chi connectivity index (χ2v) is 13.8. The fraction of sp³-hybridized carbons (Fsp3) is 0.484. The van der Waals surface area contributed by atoms with Crippen molar-refractivity contribution in [1.29, 1.82) is 0 Å². The Morgan fingerprint density at radius 2 is 1.75 bits per heavy atom. The number of hydrogen-bond acceptors (Lipinski definition) is 9. The number of sulfonamides is 1. The van der Waals surface area contributed by atoms with E-state index < -0.39 is 21.7 Å². The van der Waals surface area contributed by atoms with E-state index in [1.54, 1.807) is 34.6 Å². The van der Waals surface area contributed by atoms with Crippen molar-refractivity contribution < 1.29 is 21.9 Å². The third kappa shape index (κ3) is 6.51. The van der Waals surface area contributed by atoms with Crippen molar-refractivity contribution in [1.82, 2.24) is 24.5 Å². The summed E-state index contributed by atoms with van der Waals surface area (Å²) in [5, 5.41) is 6.40. The number of fused-ring (bicyclic) bond motifs is 1. The van der Waals surface area contributed by atoms with Crippen molar-refractivity contribution in [2.75, 3.05) is 69.2 Å². The van der Waals surface area contributed by atoms with Crippen molar-refractivity contribution in [2.45, 2.75) is 37.6 Å². The monoisotopic (exact) mass is 627 g/mol. The van der Waals surface area contributed by atoms with Gasteiger partial charge in [0.05, 0.1) is 23.3 Å². The van der Waals surface area contributed by atoms with E-state index in [1.807, 2.05) is 18.7 Å². The Kier molecular flexibility index (Phi) is 8.99. The zero-order valence-corrected chi connectivity index (χ0v) is 25.9. The Hall–Kier alpha value is -3.39. The summed E-state index contributed by atoms with van der Waals surface area (Å²) in [6, 6.07) is 9.34. The lowest BCUT2D eigenvalue weighted by Gasteiger charge is -2.36. The smallest absolute Gasteiger partial charge is 0.243 e. The van der Waals surface area contributed by atoms with Crippen LogP contribution in [0.5, 0.6) is 5.75 Å². The van der Waals surface area contributed by atoms with Crippen molar-refractivity contribution in [2.24, 2.45) is 5.92 Å². The lowest BCUT2D eigenvalue weighted by Crippen LogP contribution is -2.50. The predicted molar refractivity (Wildman–Crippen MR) is 166 cm³/mol. The molecule has 0 bridgehead atoms. The lowest BCUT2D eigenvalue weighted by molar-refractivity contribution is 0.152. The number of piperidine rings is 1. The molecule has 0 spiro atoms. The van der Waals surface area contributed by atoms with Gasteiger partial charge in [0.25, 0.3) is 0 Å². The number of benzene rings is 2. The number of ether oxygens (including phenoxy) is 1. The summed E-state index contributed by atoms with van der Waals surface area (Å²) in [5.74, 6) is -0.368. The highest BCUT2D eigenvalue weighted by Gasteiger charge is 2.30. The van der Waals surface area contributed by atoms with E-state index in [-0.39, 0.29) is 33.9 Å². The molecule has 0 unspecified atom stereocenters. The van der Waals surface area contributed by atoms with E-state index in [1.165, 1.54) is 18.9 Å². The number of anilines is 3. The number of nitrogens with one attached hydrogen (secondary N) is 2. The molecule has 4 heterocycles. The van der Waals surface area contributed by atoms with Gasteiger partial charge in [-0.3, -0.25) is 0 Å². The van der Waals surface area contributed by atoms with E-state index in [4.69, 9.17) is 4.74 Å². The zero-order valence-electron chi connectivity index (χ0n) is 25.1. The number of nitrogens with zero attached hydrogens (tertiary/aromatic N) is 5. The van der Waals surface area contributed by atoms with Crippen molar-refractivity contribution >= 4 is 27.3 Å². The van der Waals surface area contributed by atoms with E-state index in [9.17, 15) is 12.8 Å². The van der Waals surface area contributed by atoms with Gasteiger partial charge in [0.1, 0.15) is 12.3 Å². The van der Waals surface area contributed by atoms with Crippen LogP contribution in [0.2, 0.25) is 0 Å². The summed E-state index contributed by atoms with van der Waals surface area (Å²) in [6.07, 6.45) is 3.37. The molecule has 0 saturated carbocycles. The quantitative estimate of drug-likeness (QED) is 0.383. The molecule has 3 aromatic rings. The molecule has 13 heteroatoms. The molecule has 0 radical (unpaired) electrons. The van der Waals surface area contributed by atoms with E-state index in [2.05, 4.69) is 25.5 Å². The van der Waals surface area contributed by atoms with Gasteiger partial charge in [0.15, 0.2) is 17.4 Å². The lowest BCUT2D eigenvalue weighted by atomic mass is 9.97. The first-order valence-corrected chi connectivity index (χ1v) is 16.7. The van der Waals surface area contributed by atoms with Crippen LogP contribution in [0, 0.1) is 17.6 Å². The average molecular weight is 628 g/mol. The van der Waals surface area contributed by atoms with Crippen molar-refractivity contribution in [3.63, 3.8) is 0 Å². The van der Waals surface area contributed by atoms with Crippen LogP contribution in [0.1, 0.15) is 26.7 Å². The third-order valence-corrected chi connectivity index (χ3v) is 10.5. The number of hydrogen-bond donors (Lipinski definition) is 2. The molecule has 1 aromatic heterocycles. The summed E-state index contributed by atoms with van der Waals surface area (Å²) >= 11 is 0. The summed E-state index contributed by atoms with van der Waals surface area (Å²) < 4.78 is 63.8. The van der Waals surface area contributed by atoms with Gasteiger partial charge in [-0.25, -0.2) is 27.2 Å². The van der Waals surface area contributed by atoms with Crippen LogP contribution in [0.3, 0.4) is 0 Å². The van der Waals surface area contributed by atoms with Gasteiger partial charge in [0.2, 0.25) is 16.0 Å². The van der Waals surface area contributed by atoms with Crippen LogP contribution in [-0.4, -0.2) is 92.6 Å². The molecule has 0 atom stereocenters. The molecule has 236 valence electrons. The first kappa shape index (κ1) is 30.6. The Labute approximate surface area is 257 Å². The number of halogens is 2. The van der Waals surface area contributed by atoms with E-state index in [0.29, 0.717) is 43.5 Å². The molecular weight excluding hydrogens is 588 g/mol. The van der Waals surface area contributed by atoms with Crippen LogP contribution in [0.15, 0.2) is 47.5 Å². The largest absolute Gasteiger partial charge is 0.486 e.